The lowest BCUT2D eigenvalue weighted by Gasteiger charge is -2.32. The lowest BCUT2D eigenvalue weighted by atomic mass is 9.96. The maximum Gasteiger partial charge on any atom is 0.407 e. The highest BCUT2D eigenvalue weighted by Gasteiger charge is 2.23. The van der Waals surface area contributed by atoms with Gasteiger partial charge < -0.3 is 25.0 Å². The van der Waals surface area contributed by atoms with Crippen LogP contribution in [0.3, 0.4) is 0 Å². The number of amides is 3. The van der Waals surface area contributed by atoms with E-state index in [2.05, 4.69) is 10.6 Å². The van der Waals surface area contributed by atoms with E-state index in [9.17, 15) is 14.4 Å². The zero-order valence-electron chi connectivity index (χ0n) is 18.7. The van der Waals surface area contributed by atoms with E-state index in [0.717, 1.165) is 12.8 Å². The van der Waals surface area contributed by atoms with Crippen molar-refractivity contribution >= 4 is 41.1 Å². The molecule has 0 radical (unpaired) electrons. The van der Waals surface area contributed by atoms with Crippen molar-refractivity contribution in [1.82, 2.24) is 15.5 Å². The molecule has 0 aliphatic carbocycles. The fourth-order valence-electron chi connectivity index (χ4n) is 3.15. The summed E-state index contributed by atoms with van der Waals surface area (Å²) in [5, 5.41) is 6.32. The predicted octanol–water partition coefficient (Wildman–Crippen LogP) is 3.64. The molecule has 0 bridgehead atoms. The van der Waals surface area contributed by atoms with Crippen molar-refractivity contribution in [2.24, 2.45) is 5.92 Å². The lowest BCUT2D eigenvalue weighted by Crippen LogP contribution is -2.43. The molecule has 0 unspecified atom stereocenters. The molecule has 178 valence electrons. The van der Waals surface area contributed by atoms with E-state index < -0.39 is 11.7 Å². The first-order valence-corrected chi connectivity index (χ1v) is 11.4. The van der Waals surface area contributed by atoms with Crippen LogP contribution in [0.15, 0.2) is 18.2 Å². The van der Waals surface area contributed by atoms with Crippen molar-refractivity contribution in [3.8, 4) is 5.75 Å². The molecule has 1 aliphatic rings. The van der Waals surface area contributed by atoms with Crippen molar-refractivity contribution in [2.45, 2.75) is 45.6 Å². The monoisotopic (exact) mass is 487 g/mol. The van der Waals surface area contributed by atoms with Gasteiger partial charge >= 0.3 is 6.09 Å². The van der Waals surface area contributed by atoms with Crippen LogP contribution in [0.5, 0.6) is 5.75 Å². The molecule has 8 nitrogen and oxygen atoms in total. The number of nitrogens with zero attached hydrogens (tertiary/aromatic N) is 1. The molecular weight excluding hydrogens is 457 g/mol. The van der Waals surface area contributed by atoms with Gasteiger partial charge in [0.15, 0.2) is 6.61 Å². The second-order valence-electron chi connectivity index (χ2n) is 8.67. The molecular formula is C22H31Cl2N3O5. The Kier molecular flexibility index (Phi) is 9.90. The highest BCUT2D eigenvalue weighted by molar-refractivity contribution is 6.35. The van der Waals surface area contributed by atoms with Crippen LogP contribution in [0, 0.1) is 5.92 Å². The Morgan fingerprint density at radius 2 is 1.81 bits per heavy atom. The van der Waals surface area contributed by atoms with Gasteiger partial charge in [0, 0.05) is 37.6 Å². The standard InChI is InChI=1S/C22H31Cl2N3O5/c1-22(2,3)32-21(30)25-9-6-19(28)26-13-15-7-10-27(11-8-15)20(29)14-31-18-5-4-16(23)12-17(18)24/h4-5,12,15H,6-11,13-14H2,1-3H3,(H,25,30)(H,26,28). The lowest BCUT2D eigenvalue weighted by molar-refractivity contribution is -0.135. The molecule has 0 aromatic heterocycles. The Bertz CT molecular complexity index is 805. The summed E-state index contributed by atoms with van der Waals surface area (Å²) in [5.41, 5.74) is -0.572. The fraction of sp³-hybridized carbons (Fsp3) is 0.591. The van der Waals surface area contributed by atoms with Crippen LogP contribution in [-0.2, 0) is 14.3 Å². The maximum atomic E-state index is 12.4. The molecule has 2 rings (SSSR count). The summed E-state index contributed by atoms with van der Waals surface area (Å²) in [6.45, 7) is 7.22. The molecule has 1 aromatic rings. The first-order chi connectivity index (χ1) is 15.0. The minimum Gasteiger partial charge on any atom is -0.482 e. The SMILES string of the molecule is CC(C)(C)OC(=O)NCCC(=O)NCC1CCN(C(=O)COc2ccc(Cl)cc2Cl)CC1. The third kappa shape index (κ3) is 9.53. The van der Waals surface area contributed by atoms with Crippen LogP contribution < -0.4 is 15.4 Å². The number of carbonyl (C=O) groups excluding carboxylic acids is 3. The van der Waals surface area contributed by atoms with E-state index >= 15 is 0 Å². The molecule has 10 heteroatoms. The average Bonchev–Trinajstić information content (AvgIpc) is 2.70. The van der Waals surface area contributed by atoms with Crippen LogP contribution in [-0.4, -0.2) is 61.2 Å². The summed E-state index contributed by atoms with van der Waals surface area (Å²) in [6.07, 6.45) is 1.24. The average molecular weight is 488 g/mol. The molecule has 1 aliphatic heterocycles. The molecule has 32 heavy (non-hydrogen) atoms. The molecule has 0 spiro atoms. The third-order valence-electron chi connectivity index (χ3n) is 4.82. The van der Waals surface area contributed by atoms with Crippen LogP contribution >= 0.6 is 23.2 Å². The number of hydrogen-bond donors (Lipinski definition) is 2. The van der Waals surface area contributed by atoms with E-state index in [4.69, 9.17) is 32.7 Å². The van der Waals surface area contributed by atoms with E-state index in [-0.39, 0.29) is 31.4 Å². The highest BCUT2D eigenvalue weighted by Crippen LogP contribution is 2.27. The van der Waals surface area contributed by atoms with E-state index in [0.29, 0.717) is 41.3 Å². The zero-order chi connectivity index (χ0) is 23.7. The molecule has 1 saturated heterocycles. The van der Waals surface area contributed by atoms with E-state index in [1.807, 2.05) is 0 Å². The summed E-state index contributed by atoms with van der Waals surface area (Å²) in [5.74, 6) is 0.483. The van der Waals surface area contributed by atoms with Crippen LogP contribution in [0.4, 0.5) is 4.79 Å². The Morgan fingerprint density at radius 3 is 2.44 bits per heavy atom. The molecule has 0 atom stereocenters. The van der Waals surface area contributed by atoms with Gasteiger partial charge in [-0.2, -0.15) is 0 Å². The number of alkyl carbamates (subject to hydrolysis) is 1. The quantitative estimate of drug-likeness (QED) is 0.583. The Labute approximate surface area is 198 Å². The molecule has 2 N–H and O–H groups in total. The first kappa shape index (κ1) is 26.1. The fourth-order valence-corrected chi connectivity index (χ4v) is 3.61. The van der Waals surface area contributed by atoms with Gasteiger partial charge in [-0.1, -0.05) is 23.2 Å². The van der Waals surface area contributed by atoms with Gasteiger partial charge in [-0.05, 0) is 57.7 Å². The van der Waals surface area contributed by atoms with Gasteiger partial charge in [-0.3, -0.25) is 9.59 Å². The minimum atomic E-state index is -0.572. The van der Waals surface area contributed by atoms with Gasteiger partial charge in [0.05, 0.1) is 5.02 Å². The Morgan fingerprint density at radius 1 is 1.12 bits per heavy atom. The van der Waals surface area contributed by atoms with Crippen molar-refractivity contribution in [3.63, 3.8) is 0 Å². The number of piperidine rings is 1. The summed E-state index contributed by atoms with van der Waals surface area (Å²) in [4.78, 5) is 37.7. The van der Waals surface area contributed by atoms with Gasteiger partial charge in [-0.15, -0.1) is 0 Å². The van der Waals surface area contributed by atoms with Crippen molar-refractivity contribution < 1.29 is 23.9 Å². The third-order valence-corrected chi connectivity index (χ3v) is 5.35. The van der Waals surface area contributed by atoms with Gasteiger partial charge in [0.1, 0.15) is 11.4 Å². The normalized spacial score (nSPS) is 14.6. The number of rotatable bonds is 8. The molecule has 1 fully saturated rings. The number of carbonyl (C=O) groups is 3. The summed E-state index contributed by atoms with van der Waals surface area (Å²) >= 11 is 11.9. The Hall–Kier alpha value is -2.19. The van der Waals surface area contributed by atoms with Crippen LogP contribution in [0.1, 0.15) is 40.0 Å². The molecule has 3 amide bonds. The van der Waals surface area contributed by atoms with Crippen molar-refractivity contribution in [1.29, 1.82) is 0 Å². The minimum absolute atomic E-state index is 0.0899. The van der Waals surface area contributed by atoms with Gasteiger partial charge in [0.25, 0.3) is 5.91 Å². The Balaban J connectivity index is 1.60. The highest BCUT2D eigenvalue weighted by atomic mass is 35.5. The second-order valence-corrected chi connectivity index (χ2v) is 9.51. The second kappa shape index (κ2) is 12.2. The van der Waals surface area contributed by atoms with Gasteiger partial charge in [-0.25, -0.2) is 4.79 Å². The van der Waals surface area contributed by atoms with Crippen LogP contribution in [0.2, 0.25) is 10.0 Å². The topological polar surface area (TPSA) is 97.0 Å². The van der Waals surface area contributed by atoms with E-state index in [1.165, 1.54) is 0 Å². The smallest absolute Gasteiger partial charge is 0.407 e. The number of hydrogen-bond acceptors (Lipinski definition) is 5. The van der Waals surface area contributed by atoms with Crippen LogP contribution in [0.25, 0.3) is 0 Å². The number of likely N-dealkylation sites (tertiary alicyclic amines) is 1. The van der Waals surface area contributed by atoms with Crippen molar-refractivity contribution in [2.75, 3.05) is 32.8 Å². The zero-order valence-corrected chi connectivity index (χ0v) is 20.2. The summed E-state index contributed by atoms with van der Waals surface area (Å²) < 4.78 is 10.6. The van der Waals surface area contributed by atoms with Gasteiger partial charge in [0.2, 0.25) is 5.91 Å². The number of ether oxygens (including phenoxy) is 2. The summed E-state index contributed by atoms with van der Waals surface area (Å²) in [7, 11) is 0. The first-order valence-electron chi connectivity index (χ1n) is 10.6. The largest absolute Gasteiger partial charge is 0.482 e. The van der Waals surface area contributed by atoms with E-state index in [1.54, 1.807) is 43.9 Å². The molecule has 1 aromatic carbocycles. The molecule has 1 heterocycles. The maximum absolute atomic E-state index is 12.4. The number of nitrogens with one attached hydrogen (secondary N) is 2. The summed E-state index contributed by atoms with van der Waals surface area (Å²) in [6, 6.07) is 4.85. The molecule has 0 saturated carbocycles. The predicted molar refractivity (Wildman–Crippen MR) is 123 cm³/mol. The number of halogens is 2. The van der Waals surface area contributed by atoms with Crippen molar-refractivity contribution in [3.05, 3.63) is 28.2 Å². The number of benzene rings is 1.